The van der Waals surface area contributed by atoms with Crippen LogP contribution in [0, 0.1) is 11.6 Å². The molecule has 0 aliphatic carbocycles. The van der Waals surface area contributed by atoms with Crippen molar-refractivity contribution in [2.24, 2.45) is 0 Å². The van der Waals surface area contributed by atoms with E-state index in [2.05, 4.69) is 5.32 Å². The number of nitrogens with one attached hydrogen (secondary N) is 1. The van der Waals surface area contributed by atoms with Crippen LogP contribution in [0.2, 0.25) is 0 Å². The first-order chi connectivity index (χ1) is 27.2. The minimum atomic E-state index is -1.22. The van der Waals surface area contributed by atoms with E-state index in [1.165, 1.54) is 31.3 Å². The number of ketones is 1. The van der Waals surface area contributed by atoms with Crippen LogP contribution in [-0.2, 0) is 46.6 Å². The number of carbonyl (C=O) groups is 7. The molecule has 1 saturated heterocycles. The normalized spacial score (nSPS) is 15.1. The third kappa shape index (κ3) is 9.87. The fourth-order valence-corrected chi connectivity index (χ4v) is 6.93. The Morgan fingerprint density at radius 3 is 2.25 bits per heavy atom. The minimum absolute atomic E-state index is 0.0533. The van der Waals surface area contributed by atoms with E-state index in [0.29, 0.717) is 15.2 Å². The number of thiophene rings is 1. The van der Waals surface area contributed by atoms with Crippen LogP contribution in [0.5, 0.6) is 23.0 Å². The van der Waals surface area contributed by atoms with Crippen molar-refractivity contribution in [1.82, 2.24) is 15.1 Å². The predicted octanol–water partition coefficient (Wildman–Crippen LogP) is 3.52. The number of amides is 4. The molecule has 1 fully saturated rings. The third-order valence-corrected chi connectivity index (χ3v) is 9.86. The Morgan fingerprint density at radius 1 is 0.893 bits per heavy atom. The molecule has 0 radical (unpaired) electrons. The van der Waals surface area contributed by atoms with Gasteiger partial charge in [0.2, 0.25) is 23.6 Å². The zero-order valence-corrected chi connectivity index (χ0v) is 31.2. The molecule has 2 aromatic carbocycles. The maximum atomic E-state index is 15.7. The second-order valence-electron chi connectivity index (χ2n) is 12.5. The average Bonchev–Trinajstić information content (AvgIpc) is 3.88. The molecule has 0 saturated carbocycles. The van der Waals surface area contributed by atoms with E-state index < -0.39 is 65.9 Å². The number of imide groups is 1. The van der Waals surface area contributed by atoms with Gasteiger partial charge in [-0.15, -0.1) is 11.3 Å². The van der Waals surface area contributed by atoms with Gasteiger partial charge in [0.1, 0.15) is 13.2 Å². The smallest absolute Gasteiger partial charge is 0.306 e. The van der Waals surface area contributed by atoms with Gasteiger partial charge in [0.25, 0.3) is 0 Å². The number of hydrogen-bond acceptors (Lipinski definition) is 13. The van der Waals surface area contributed by atoms with Crippen LogP contribution < -0.4 is 24.3 Å². The van der Waals surface area contributed by atoms with E-state index in [-0.39, 0.29) is 117 Å². The van der Waals surface area contributed by atoms with E-state index in [9.17, 15) is 33.6 Å². The Morgan fingerprint density at radius 2 is 1.59 bits per heavy atom. The monoisotopic (exact) mass is 805 g/mol. The standard InChI is InChI=1S/C37H39F2N3O13S/c1-51-24-14-20-17-41(29(45)7-8-32(48)49)18-22(20)35(39)36(24)54-11-3-12-55-37-25(52-2)16-26-21(34(37)38)15-27(56-26)23(43)4-9-33(50)53-13-10-40-28(44)19-42-30(46)5-6-31(42)47/h14-16H,3-13,17-19H2,1-2H3,(H,40,44)(H,48,49)/i5T. The van der Waals surface area contributed by atoms with Crippen LogP contribution in [-0.4, -0.2) is 103 Å². The second kappa shape index (κ2) is 18.7. The summed E-state index contributed by atoms with van der Waals surface area (Å²) in [5.74, 6) is -6.46. The fraction of sp³-hybridized carbons (Fsp3) is 0.432. The number of benzene rings is 2. The lowest BCUT2D eigenvalue weighted by Crippen LogP contribution is -2.41. The lowest BCUT2D eigenvalue weighted by atomic mass is 10.1. The molecule has 2 aliphatic rings. The van der Waals surface area contributed by atoms with E-state index in [1.54, 1.807) is 6.07 Å². The fourth-order valence-electron chi connectivity index (χ4n) is 5.88. The summed E-state index contributed by atoms with van der Waals surface area (Å²) in [6.45, 7) is -0.984. The summed E-state index contributed by atoms with van der Waals surface area (Å²) < 4.78 is 66.2. The number of carboxylic acids is 1. The molecule has 300 valence electrons. The maximum absolute atomic E-state index is 15.7. The number of rotatable bonds is 20. The van der Waals surface area contributed by atoms with Crippen molar-refractivity contribution in [1.29, 1.82) is 0 Å². The van der Waals surface area contributed by atoms with Gasteiger partial charge < -0.3 is 39.0 Å². The predicted molar refractivity (Wildman–Crippen MR) is 192 cm³/mol. The molecule has 0 bridgehead atoms. The molecule has 56 heavy (non-hydrogen) atoms. The van der Waals surface area contributed by atoms with Crippen LogP contribution in [0.25, 0.3) is 10.1 Å². The molecule has 1 aromatic heterocycles. The van der Waals surface area contributed by atoms with Crippen molar-refractivity contribution in [2.75, 3.05) is 47.1 Å². The number of nitrogens with zero attached hydrogens (tertiary/aromatic N) is 2. The number of carboxylic acid groups (broad SMARTS) is 1. The number of Topliss-reactive ketones (excluding diaryl/α,β-unsaturated/α-hetero) is 1. The topological polar surface area (TPSA) is 204 Å². The van der Waals surface area contributed by atoms with Gasteiger partial charge in [0.05, 0.1) is 51.7 Å². The Labute approximate surface area is 323 Å². The summed E-state index contributed by atoms with van der Waals surface area (Å²) in [7, 11) is 2.66. The molecule has 0 spiro atoms. The molecule has 2 N–H and O–H groups in total. The van der Waals surface area contributed by atoms with Gasteiger partial charge in [0, 0.05) is 68.3 Å². The molecule has 3 aromatic rings. The molecule has 1 unspecified atom stereocenters. The summed E-state index contributed by atoms with van der Waals surface area (Å²) in [5.41, 5.74) is 0.746. The molecule has 1 atom stereocenters. The molecule has 19 heteroatoms. The lowest BCUT2D eigenvalue weighted by molar-refractivity contribution is -0.144. The molecular formula is C37H39F2N3O13S. The van der Waals surface area contributed by atoms with Crippen molar-refractivity contribution in [3.8, 4) is 23.0 Å². The number of methoxy groups -OCH3 is 2. The number of likely N-dealkylation sites (tertiary alicyclic amines) is 1. The summed E-state index contributed by atoms with van der Waals surface area (Å²) in [4.78, 5) is 86.2. The number of esters is 1. The van der Waals surface area contributed by atoms with Crippen molar-refractivity contribution in [2.45, 2.75) is 58.0 Å². The summed E-state index contributed by atoms with van der Waals surface area (Å²) in [5, 5.41) is 11.4. The van der Waals surface area contributed by atoms with Crippen LogP contribution in [0.15, 0.2) is 18.2 Å². The van der Waals surface area contributed by atoms with Gasteiger partial charge in [-0.05, 0) is 17.7 Å². The van der Waals surface area contributed by atoms with Crippen LogP contribution >= 0.6 is 11.3 Å². The Balaban J connectivity index is 1.09. The number of halogens is 2. The van der Waals surface area contributed by atoms with Crippen LogP contribution in [0.3, 0.4) is 0 Å². The first-order valence-electron chi connectivity index (χ1n) is 17.9. The highest BCUT2D eigenvalue weighted by molar-refractivity contribution is 7.20. The van der Waals surface area contributed by atoms with Gasteiger partial charge in [-0.25, -0.2) is 8.78 Å². The summed E-state index contributed by atoms with van der Waals surface area (Å²) >= 11 is 0.994. The van der Waals surface area contributed by atoms with Gasteiger partial charge in [-0.1, -0.05) is 0 Å². The first kappa shape index (κ1) is 39.8. The van der Waals surface area contributed by atoms with Crippen molar-refractivity contribution >= 4 is 62.8 Å². The summed E-state index contributed by atoms with van der Waals surface area (Å²) in [6, 6.07) is 4.41. The van der Waals surface area contributed by atoms with E-state index in [1.807, 2.05) is 0 Å². The largest absolute Gasteiger partial charge is 0.493 e. The number of fused-ring (bicyclic) bond motifs is 2. The van der Waals surface area contributed by atoms with E-state index in [4.69, 9.17) is 30.2 Å². The highest BCUT2D eigenvalue weighted by Crippen LogP contribution is 2.41. The molecule has 2 aliphatic heterocycles. The van der Waals surface area contributed by atoms with Crippen molar-refractivity contribution in [3.05, 3.63) is 45.8 Å². The second-order valence-corrected chi connectivity index (χ2v) is 13.6. The highest BCUT2D eigenvalue weighted by atomic mass is 32.1. The molecule has 4 amide bonds. The quantitative estimate of drug-likeness (QED) is 0.0727. The maximum Gasteiger partial charge on any atom is 0.306 e. The highest BCUT2D eigenvalue weighted by Gasteiger charge is 2.31. The SMILES string of the molecule is [3H]C1CC(=O)N(CC(=O)NCCOC(=O)CCC(=O)c2cc3c(F)c(OCCCOc4c(OC)cc5c(c4F)CN(C(=O)CCC(=O)O)C5)c(OC)cc3s2)C1=O. The molecular weight excluding hydrogens is 764 g/mol. The molecule has 16 nitrogen and oxygen atoms in total. The van der Waals surface area contributed by atoms with Gasteiger partial charge in [0.15, 0.2) is 40.4 Å². The van der Waals surface area contributed by atoms with Crippen molar-refractivity contribution < 1.29 is 72.5 Å². The van der Waals surface area contributed by atoms with Gasteiger partial charge >= 0.3 is 11.9 Å². The first-order valence-corrected chi connectivity index (χ1v) is 18.2. The number of hydrogen-bond donors (Lipinski definition) is 2. The average molecular weight is 806 g/mol. The minimum Gasteiger partial charge on any atom is -0.493 e. The number of ether oxygens (including phenoxy) is 5. The van der Waals surface area contributed by atoms with E-state index >= 15 is 8.78 Å². The Hall–Kier alpha value is -5.85. The molecule has 5 rings (SSSR count). The van der Waals surface area contributed by atoms with Crippen LogP contribution in [0.1, 0.15) is 67.1 Å². The van der Waals surface area contributed by atoms with Crippen molar-refractivity contribution in [3.63, 3.8) is 0 Å². The number of aliphatic carboxylic acids is 1. The van der Waals surface area contributed by atoms with Crippen LogP contribution in [0.4, 0.5) is 8.78 Å². The summed E-state index contributed by atoms with van der Waals surface area (Å²) in [6.07, 6.45) is -2.42. The zero-order chi connectivity index (χ0) is 41.4. The Kier molecular flexibility index (Phi) is 13.3. The van der Waals surface area contributed by atoms with E-state index in [0.717, 1.165) is 11.3 Å². The molecule has 3 heterocycles. The van der Waals surface area contributed by atoms with Gasteiger partial charge in [-0.3, -0.25) is 38.5 Å². The Bertz CT molecular complexity index is 2090. The third-order valence-electron chi connectivity index (χ3n) is 8.74. The number of carbonyl (C=O) groups excluding carboxylic acids is 6. The lowest BCUT2D eigenvalue weighted by Gasteiger charge is -2.15. The van der Waals surface area contributed by atoms with Gasteiger partial charge in [-0.2, -0.15) is 0 Å². The zero-order valence-electron chi connectivity index (χ0n) is 31.4.